The van der Waals surface area contributed by atoms with Gasteiger partial charge in [-0.05, 0) is 36.5 Å². The number of benzene rings is 2. The molecule has 2 aromatic carbocycles. The van der Waals surface area contributed by atoms with Gasteiger partial charge in [0.25, 0.3) is 5.17 Å². The van der Waals surface area contributed by atoms with E-state index in [1.54, 1.807) is 13.1 Å². The van der Waals surface area contributed by atoms with Crippen molar-refractivity contribution in [3.63, 3.8) is 0 Å². The van der Waals surface area contributed by atoms with Gasteiger partial charge in [0.05, 0.1) is 10.7 Å². The van der Waals surface area contributed by atoms with Crippen molar-refractivity contribution in [3.8, 4) is 5.75 Å². The molecule has 0 radical (unpaired) electrons. The van der Waals surface area contributed by atoms with E-state index in [1.165, 1.54) is 35.2 Å². The normalized spacial score (nSPS) is 10.3. The molecule has 0 aliphatic heterocycles. The molecule has 0 aliphatic carbocycles. The van der Waals surface area contributed by atoms with Crippen molar-refractivity contribution in [2.45, 2.75) is 0 Å². The lowest BCUT2D eigenvalue weighted by Crippen LogP contribution is -2.34. The second kappa shape index (κ2) is 7.46. The third kappa shape index (κ3) is 4.13. The average Bonchev–Trinajstić information content (AvgIpc) is 2.48. The summed E-state index contributed by atoms with van der Waals surface area (Å²) in [4.78, 5) is 1.37. The molecule has 23 heavy (non-hydrogen) atoms. The van der Waals surface area contributed by atoms with Crippen LogP contribution >= 0.6 is 35.4 Å². The van der Waals surface area contributed by atoms with E-state index in [4.69, 9.17) is 40.2 Å². The zero-order valence-electron chi connectivity index (χ0n) is 11.8. The number of ether oxygens (including phenoxy) is 1. The molecule has 2 N–H and O–H groups in total. The van der Waals surface area contributed by atoms with Gasteiger partial charge in [0.15, 0.2) is 11.6 Å². The van der Waals surface area contributed by atoms with E-state index in [1.807, 2.05) is 0 Å². The number of nitrogens with zero attached hydrogens (tertiary/aromatic N) is 1. The SMILES string of the molecule is CN(C(=S)Oc1ccccc1F)c1cc(B(O)O)c(Cl)cc1Cl. The highest BCUT2D eigenvalue weighted by molar-refractivity contribution is 7.80. The lowest BCUT2D eigenvalue weighted by molar-refractivity contribution is 0.426. The van der Waals surface area contributed by atoms with Crippen LogP contribution in [0.5, 0.6) is 5.75 Å². The molecule has 2 aromatic rings. The van der Waals surface area contributed by atoms with Gasteiger partial charge >= 0.3 is 7.12 Å². The molecule has 0 spiro atoms. The predicted molar refractivity (Wildman–Crippen MR) is 94.3 cm³/mol. The van der Waals surface area contributed by atoms with Gasteiger partial charge in [-0.15, -0.1) is 0 Å². The van der Waals surface area contributed by atoms with Crippen molar-refractivity contribution in [2.75, 3.05) is 11.9 Å². The van der Waals surface area contributed by atoms with E-state index < -0.39 is 12.9 Å². The summed E-state index contributed by atoms with van der Waals surface area (Å²) in [7, 11) is -0.223. The van der Waals surface area contributed by atoms with Crippen LogP contribution in [0.2, 0.25) is 10.0 Å². The Morgan fingerprint density at radius 1 is 1.22 bits per heavy atom. The molecule has 0 saturated heterocycles. The smallest absolute Gasteiger partial charge is 0.428 e. The van der Waals surface area contributed by atoms with Crippen molar-refractivity contribution in [1.29, 1.82) is 0 Å². The minimum absolute atomic E-state index is 0.0307. The van der Waals surface area contributed by atoms with Crippen LogP contribution in [0.4, 0.5) is 10.1 Å². The number of hydrogen-bond donors (Lipinski definition) is 2. The standard InChI is InChI=1S/C14H11BCl2FNO3S/c1-19(14(23)22-13-5-3-2-4-11(13)18)12-6-8(15(20)21)9(16)7-10(12)17/h2-7,20-21H,1H3. The summed E-state index contributed by atoms with van der Waals surface area (Å²) in [6.07, 6.45) is 0. The molecule has 0 aliphatic rings. The summed E-state index contributed by atoms with van der Waals surface area (Å²) in [5, 5.41) is 18.9. The molecule has 0 aromatic heterocycles. The topological polar surface area (TPSA) is 52.9 Å². The zero-order valence-corrected chi connectivity index (χ0v) is 14.2. The van der Waals surface area contributed by atoms with E-state index in [0.29, 0.717) is 5.69 Å². The van der Waals surface area contributed by atoms with E-state index in [0.717, 1.165) is 0 Å². The number of para-hydroxylation sites is 1. The van der Waals surface area contributed by atoms with Crippen LogP contribution in [0.25, 0.3) is 0 Å². The first-order valence-electron chi connectivity index (χ1n) is 6.36. The van der Waals surface area contributed by atoms with Crippen molar-refractivity contribution in [1.82, 2.24) is 0 Å². The molecule has 0 atom stereocenters. The fourth-order valence-electron chi connectivity index (χ4n) is 1.80. The predicted octanol–water partition coefficient (Wildman–Crippen LogP) is 2.61. The first kappa shape index (κ1) is 18.0. The van der Waals surface area contributed by atoms with Crippen LogP contribution in [0.15, 0.2) is 36.4 Å². The molecule has 0 amide bonds. The van der Waals surface area contributed by atoms with Gasteiger partial charge in [-0.3, -0.25) is 0 Å². The second-order valence-electron chi connectivity index (χ2n) is 4.56. The fraction of sp³-hybridized carbons (Fsp3) is 0.0714. The summed E-state index contributed by atoms with van der Waals surface area (Å²) < 4.78 is 18.9. The largest absolute Gasteiger partial charge is 0.490 e. The van der Waals surface area contributed by atoms with Crippen LogP contribution in [0, 0.1) is 5.82 Å². The highest BCUT2D eigenvalue weighted by Crippen LogP contribution is 2.28. The summed E-state index contributed by atoms with van der Waals surface area (Å²) in [6.45, 7) is 0. The van der Waals surface area contributed by atoms with Gasteiger partial charge in [0.1, 0.15) is 0 Å². The summed E-state index contributed by atoms with van der Waals surface area (Å²) in [6, 6.07) is 8.54. The molecule has 120 valence electrons. The van der Waals surface area contributed by atoms with Crippen molar-refractivity contribution in [3.05, 3.63) is 52.3 Å². The molecule has 2 rings (SSSR count). The van der Waals surface area contributed by atoms with Crippen LogP contribution in [-0.2, 0) is 0 Å². The van der Waals surface area contributed by atoms with Gasteiger partial charge in [-0.25, -0.2) is 4.39 Å². The molecule has 0 bridgehead atoms. The molecule has 9 heteroatoms. The van der Waals surface area contributed by atoms with Crippen LogP contribution in [0.3, 0.4) is 0 Å². The molecular weight excluding hydrogens is 363 g/mol. The van der Waals surface area contributed by atoms with E-state index in [9.17, 15) is 14.4 Å². The lowest BCUT2D eigenvalue weighted by atomic mass is 9.80. The lowest BCUT2D eigenvalue weighted by Gasteiger charge is -2.22. The Balaban J connectivity index is 2.29. The number of halogens is 3. The Hall–Kier alpha value is -1.38. The Morgan fingerprint density at radius 3 is 2.48 bits per heavy atom. The van der Waals surface area contributed by atoms with Crippen molar-refractivity contribution < 1.29 is 19.2 Å². The first-order chi connectivity index (χ1) is 10.8. The second-order valence-corrected chi connectivity index (χ2v) is 5.72. The van der Waals surface area contributed by atoms with E-state index in [2.05, 4.69) is 0 Å². The van der Waals surface area contributed by atoms with Crippen molar-refractivity contribution >= 4 is 58.9 Å². The molecule has 0 unspecified atom stereocenters. The van der Waals surface area contributed by atoms with Gasteiger partial charge in [0, 0.05) is 17.5 Å². The number of rotatable bonds is 3. The average molecular weight is 374 g/mol. The molecular formula is C14H11BCl2FNO3S. The Morgan fingerprint density at radius 2 is 1.87 bits per heavy atom. The minimum atomic E-state index is -1.77. The van der Waals surface area contributed by atoms with Gasteiger partial charge in [0.2, 0.25) is 0 Å². The number of anilines is 1. The van der Waals surface area contributed by atoms with E-state index >= 15 is 0 Å². The fourth-order valence-corrected chi connectivity index (χ4v) is 2.59. The van der Waals surface area contributed by atoms with Crippen molar-refractivity contribution in [2.24, 2.45) is 0 Å². The third-order valence-electron chi connectivity index (χ3n) is 3.01. The maximum atomic E-state index is 13.6. The van der Waals surface area contributed by atoms with Gasteiger partial charge < -0.3 is 19.7 Å². The maximum absolute atomic E-state index is 13.6. The third-order valence-corrected chi connectivity index (χ3v) is 4.00. The van der Waals surface area contributed by atoms with Gasteiger partial charge in [-0.2, -0.15) is 0 Å². The molecule has 4 nitrogen and oxygen atoms in total. The maximum Gasteiger partial charge on any atom is 0.490 e. The summed E-state index contributed by atoms with van der Waals surface area (Å²) >= 11 is 17.1. The number of thiocarbonyl (C=S) groups is 1. The van der Waals surface area contributed by atoms with Crippen LogP contribution in [0.1, 0.15) is 0 Å². The van der Waals surface area contributed by atoms with E-state index in [-0.39, 0.29) is 26.4 Å². The molecule has 0 fully saturated rings. The molecule has 0 saturated carbocycles. The monoisotopic (exact) mass is 373 g/mol. The summed E-state index contributed by atoms with van der Waals surface area (Å²) in [5.41, 5.74) is 0.395. The van der Waals surface area contributed by atoms with Crippen LogP contribution < -0.4 is 15.1 Å². The highest BCUT2D eigenvalue weighted by atomic mass is 35.5. The minimum Gasteiger partial charge on any atom is -0.428 e. The Kier molecular flexibility index (Phi) is 5.83. The zero-order chi connectivity index (χ0) is 17.1. The summed E-state index contributed by atoms with van der Waals surface area (Å²) in [5.74, 6) is -0.589. The van der Waals surface area contributed by atoms with Crippen LogP contribution in [-0.4, -0.2) is 29.4 Å². The highest BCUT2D eigenvalue weighted by Gasteiger charge is 2.21. The van der Waals surface area contributed by atoms with Gasteiger partial charge in [-0.1, -0.05) is 35.3 Å². The Labute approximate surface area is 148 Å². The first-order valence-corrected chi connectivity index (χ1v) is 7.53. The quantitative estimate of drug-likeness (QED) is 0.639. The molecule has 0 heterocycles. The Bertz CT molecular complexity index is 748. The number of hydrogen-bond acceptors (Lipinski definition) is 4.